The third kappa shape index (κ3) is 3.66. The number of nitrogens with one attached hydrogen (secondary N) is 1. The lowest BCUT2D eigenvalue weighted by molar-refractivity contribution is 0.0526. The van der Waals surface area contributed by atoms with Crippen LogP contribution in [-0.2, 0) is 24.8 Å². The second-order valence-electron chi connectivity index (χ2n) is 6.25. The Bertz CT molecular complexity index is 811. The van der Waals surface area contributed by atoms with Crippen LogP contribution < -0.4 is 5.32 Å². The Balaban J connectivity index is 1.92. The first kappa shape index (κ1) is 18.6. The van der Waals surface area contributed by atoms with Gasteiger partial charge < -0.3 is 10.1 Å². The summed E-state index contributed by atoms with van der Waals surface area (Å²) in [6.45, 7) is 7.01. The number of carbonyl (C=O) groups excluding carboxylic acids is 2. The first-order chi connectivity index (χ1) is 12.5. The minimum Gasteiger partial charge on any atom is -0.462 e. The predicted octanol–water partition coefficient (Wildman–Crippen LogP) is 2.68. The molecule has 0 unspecified atom stereocenters. The van der Waals surface area contributed by atoms with Gasteiger partial charge in [-0.2, -0.15) is 5.10 Å². The van der Waals surface area contributed by atoms with Crippen LogP contribution >= 0.6 is 11.3 Å². The Morgan fingerprint density at radius 3 is 2.85 bits per heavy atom. The molecule has 1 amide bonds. The molecule has 1 aliphatic heterocycles. The molecular weight excluding hydrogens is 352 g/mol. The van der Waals surface area contributed by atoms with Crippen LogP contribution in [0.2, 0.25) is 0 Å². The van der Waals surface area contributed by atoms with Crippen molar-refractivity contribution >= 4 is 28.2 Å². The zero-order valence-electron chi connectivity index (χ0n) is 15.4. The molecule has 140 valence electrons. The van der Waals surface area contributed by atoms with Gasteiger partial charge in [-0.3, -0.25) is 14.4 Å². The summed E-state index contributed by atoms with van der Waals surface area (Å²) in [5, 5.41) is 7.49. The molecule has 0 radical (unpaired) electrons. The third-order valence-corrected chi connectivity index (χ3v) is 5.57. The molecule has 0 atom stereocenters. The zero-order chi connectivity index (χ0) is 18.7. The van der Waals surface area contributed by atoms with Crippen LogP contribution in [0.4, 0.5) is 5.00 Å². The van der Waals surface area contributed by atoms with Gasteiger partial charge in [-0.15, -0.1) is 11.3 Å². The van der Waals surface area contributed by atoms with Crippen molar-refractivity contribution in [3.63, 3.8) is 0 Å². The Morgan fingerprint density at radius 1 is 1.38 bits per heavy atom. The predicted molar refractivity (Wildman–Crippen MR) is 101 cm³/mol. The number of aromatic nitrogens is 2. The number of aryl methyl sites for hydroxylation is 1. The summed E-state index contributed by atoms with van der Waals surface area (Å²) >= 11 is 1.47. The molecule has 26 heavy (non-hydrogen) atoms. The molecule has 2 aromatic heterocycles. The number of carbonyl (C=O) groups is 2. The van der Waals surface area contributed by atoms with Gasteiger partial charge in [-0.25, -0.2) is 4.79 Å². The molecule has 1 aliphatic rings. The second-order valence-corrected chi connectivity index (χ2v) is 7.35. The normalized spacial score (nSPS) is 14.1. The fraction of sp³-hybridized carbons (Fsp3) is 0.500. The Morgan fingerprint density at radius 2 is 2.19 bits per heavy atom. The molecule has 0 aliphatic carbocycles. The number of ether oxygens (including phenoxy) is 1. The van der Waals surface area contributed by atoms with Gasteiger partial charge >= 0.3 is 5.97 Å². The molecule has 3 heterocycles. The van der Waals surface area contributed by atoms with E-state index in [1.54, 1.807) is 26.2 Å². The number of esters is 1. The highest BCUT2D eigenvalue weighted by Gasteiger charge is 2.29. The molecule has 0 fully saturated rings. The van der Waals surface area contributed by atoms with Crippen LogP contribution in [0.5, 0.6) is 0 Å². The van der Waals surface area contributed by atoms with E-state index < -0.39 is 0 Å². The molecule has 8 heteroatoms. The molecule has 2 aromatic rings. The van der Waals surface area contributed by atoms with Crippen LogP contribution in [0.15, 0.2) is 12.3 Å². The number of nitrogens with zero attached hydrogens (tertiary/aromatic N) is 3. The number of anilines is 1. The van der Waals surface area contributed by atoms with Gasteiger partial charge in [0.2, 0.25) is 0 Å². The van der Waals surface area contributed by atoms with Crippen molar-refractivity contribution in [2.45, 2.75) is 33.2 Å². The van der Waals surface area contributed by atoms with Crippen molar-refractivity contribution in [2.75, 3.05) is 25.0 Å². The monoisotopic (exact) mass is 376 g/mol. The van der Waals surface area contributed by atoms with E-state index >= 15 is 0 Å². The molecule has 0 saturated heterocycles. The van der Waals surface area contributed by atoms with E-state index in [1.807, 2.05) is 0 Å². The molecule has 0 spiro atoms. The van der Waals surface area contributed by atoms with Crippen molar-refractivity contribution in [3.8, 4) is 0 Å². The maximum atomic E-state index is 12.6. The highest BCUT2D eigenvalue weighted by atomic mass is 32.1. The summed E-state index contributed by atoms with van der Waals surface area (Å²) < 4.78 is 6.76. The summed E-state index contributed by atoms with van der Waals surface area (Å²) in [6.07, 6.45) is 3.46. The smallest absolute Gasteiger partial charge is 0.341 e. The maximum Gasteiger partial charge on any atom is 0.341 e. The molecule has 7 nitrogen and oxygen atoms in total. The summed E-state index contributed by atoms with van der Waals surface area (Å²) in [7, 11) is 1.71. The minimum atomic E-state index is -0.366. The van der Waals surface area contributed by atoms with E-state index in [2.05, 4.69) is 22.2 Å². The van der Waals surface area contributed by atoms with Gasteiger partial charge in [0, 0.05) is 31.2 Å². The number of rotatable bonds is 6. The maximum absolute atomic E-state index is 12.6. The number of thiophene rings is 1. The summed E-state index contributed by atoms with van der Waals surface area (Å²) in [5.41, 5.74) is 1.97. The highest BCUT2D eigenvalue weighted by Crippen LogP contribution is 2.38. The van der Waals surface area contributed by atoms with E-state index in [4.69, 9.17) is 4.74 Å². The molecular formula is C18H24N4O3S. The molecule has 0 bridgehead atoms. The van der Waals surface area contributed by atoms with E-state index in [0.29, 0.717) is 22.9 Å². The number of fused-ring (bicyclic) bond motifs is 1. The summed E-state index contributed by atoms with van der Waals surface area (Å²) in [5.74, 6) is -0.645. The SMILES string of the molecule is CCCN1CCc2c(sc(NC(=O)c3ccnn3C)c2C(=O)OCC)C1. The summed E-state index contributed by atoms with van der Waals surface area (Å²) in [4.78, 5) is 28.6. The fourth-order valence-corrected chi connectivity index (χ4v) is 4.51. The van der Waals surface area contributed by atoms with Crippen molar-refractivity contribution < 1.29 is 14.3 Å². The molecule has 3 rings (SSSR count). The van der Waals surface area contributed by atoms with Gasteiger partial charge in [0.15, 0.2) is 0 Å². The van der Waals surface area contributed by atoms with E-state index in [1.165, 1.54) is 16.0 Å². The first-order valence-corrected chi connectivity index (χ1v) is 9.70. The van der Waals surface area contributed by atoms with Gasteiger partial charge in [0.1, 0.15) is 10.7 Å². The van der Waals surface area contributed by atoms with E-state index in [9.17, 15) is 9.59 Å². The largest absolute Gasteiger partial charge is 0.462 e. The van der Waals surface area contributed by atoms with E-state index in [-0.39, 0.29) is 11.9 Å². The number of hydrogen-bond donors (Lipinski definition) is 1. The second kappa shape index (κ2) is 8.01. The average Bonchev–Trinajstić information content (AvgIpc) is 3.18. The molecule has 1 N–H and O–H groups in total. The number of amides is 1. The highest BCUT2D eigenvalue weighted by molar-refractivity contribution is 7.17. The third-order valence-electron chi connectivity index (χ3n) is 4.44. The average molecular weight is 376 g/mol. The van der Waals surface area contributed by atoms with Crippen molar-refractivity contribution in [1.29, 1.82) is 0 Å². The van der Waals surface area contributed by atoms with Gasteiger partial charge in [-0.05, 0) is 37.9 Å². The lowest BCUT2D eigenvalue weighted by Crippen LogP contribution is -2.30. The summed E-state index contributed by atoms with van der Waals surface area (Å²) in [6, 6.07) is 1.65. The van der Waals surface area contributed by atoms with Gasteiger partial charge in [0.25, 0.3) is 5.91 Å². The Hall–Kier alpha value is -2.19. The van der Waals surface area contributed by atoms with Crippen molar-refractivity contribution in [1.82, 2.24) is 14.7 Å². The van der Waals surface area contributed by atoms with Gasteiger partial charge in [0.05, 0.1) is 12.2 Å². The zero-order valence-corrected chi connectivity index (χ0v) is 16.2. The van der Waals surface area contributed by atoms with Gasteiger partial charge in [-0.1, -0.05) is 6.92 Å². The number of hydrogen-bond acceptors (Lipinski definition) is 6. The van der Waals surface area contributed by atoms with Crippen LogP contribution in [-0.4, -0.2) is 46.3 Å². The lowest BCUT2D eigenvalue weighted by atomic mass is 10.0. The lowest BCUT2D eigenvalue weighted by Gasteiger charge is -2.26. The Kier molecular flexibility index (Phi) is 5.73. The van der Waals surface area contributed by atoms with Crippen LogP contribution in [0, 0.1) is 0 Å². The van der Waals surface area contributed by atoms with Crippen LogP contribution in [0.25, 0.3) is 0 Å². The standard InChI is InChI=1S/C18H24N4O3S/c1-4-9-22-10-7-12-14(11-22)26-17(15(12)18(24)25-5-2)20-16(23)13-6-8-19-21(13)3/h6,8H,4-5,7,9-11H2,1-3H3,(H,20,23). The molecule has 0 saturated carbocycles. The van der Waals surface area contributed by atoms with Crippen LogP contribution in [0.1, 0.15) is 51.6 Å². The first-order valence-electron chi connectivity index (χ1n) is 8.88. The van der Waals surface area contributed by atoms with Crippen molar-refractivity contribution in [2.24, 2.45) is 7.05 Å². The fourth-order valence-electron chi connectivity index (χ4n) is 3.23. The topological polar surface area (TPSA) is 76.5 Å². The van der Waals surface area contributed by atoms with Crippen molar-refractivity contribution in [3.05, 3.63) is 34.0 Å². The Labute approximate surface area is 156 Å². The minimum absolute atomic E-state index is 0.278. The van der Waals surface area contributed by atoms with Crippen LogP contribution in [0.3, 0.4) is 0 Å². The molecule has 0 aromatic carbocycles. The van der Waals surface area contributed by atoms with E-state index in [0.717, 1.165) is 42.9 Å². The quantitative estimate of drug-likeness (QED) is 0.785.